The lowest BCUT2D eigenvalue weighted by Gasteiger charge is -2.36. The topological polar surface area (TPSA) is 46.6 Å². The molecule has 111 valence electrons. The second kappa shape index (κ2) is 8.25. The Bertz CT molecular complexity index is 364. The Morgan fingerprint density at radius 2 is 1.75 bits per heavy atom. The van der Waals surface area contributed by atoms with Crippen molar-refractivity contribution in [2.24, 2.45) is 0 Å². The average Bonchev–Trinajstić information content (AvgIpc) is 2.49. The molecule has 1 unspecified atom stereocenters. The Morgan fingerprint density at radius 3 is 2.40 bits per heavy atom. The summed E-state index contributed by atoms with van der Waals surface area (Å²) in [7, 11) is 0. The zero-order valence-electron chi connectivity index (χ0n) is 12.1. The second-order valence-corrected chi connectivity index (χ2v) is 5.48. The maximum atomic E-state index is 10.4. The summed E-state index contributed by atoms with van der Waals surface area (Å²) in [6, 6.07) is 10.5. The minimum absolute atomic E-state index is 0.0253. The van der Waals surface area contributed by atoms with E-state index in [0.29, 0.717) is 6.42 Å². The predicted molar refractivity (Wildman–Crippen MR) is 80.5 cm³/mol. The smallest absolute Gasteiger partial charge is 0.0822 e. The number of aliphatic hydroxyl groups is 1. The summed E-state index contributed by atoms with van der Waals surface area (Å²) in [5, 5.41) is 20.3. The van der Waals surface area contributed by atoms with E-state index in [2.05, 4.69) is 34.1 Å². The first-order chi connectivity index (χ1) is 9.79. The van der Waals surface area contributed by atoms with Crippen LogP contribution >= 0.6 is 0 Å². The molecule has 1 N–H and O–H groups in total. The van der Waals surface area contributed by atoms with Gasteiger partial charge in [0.05, 0.1) is 12.7 Å². The van der Waals surface area contributed by atoms with Gasteiger partial charge in [-0.1, -0.05) is 18.2 Å². The highest BCUT2D eigenvalue weighted by Gasteiger charge is 2.19. The Labute approximate surface area is 121 Å². The molecule has 1 aromatic rings. The molecule has 1 saturated heterocycles. The second-order valence-electron chi connectivity index (χ2n) is 5.48. The van der Waals surface area contributed by atoms with Crippen LogP contribution in [0.3, 0.4) is 0 Å². The Morgan fingerprint density at radius 1 is 1.05 bits per heavy atom. The molecule has 0 spiro atoms. The Kier molecular flexibility index (Phi) is 6.30. The van der Waals surface area contributed by atoms with Gasteiger partial charge in [-0.3, -0.25) is 4.90 Å². The number of para-hydroxylation sites is 1. The van der Waals surface area contributed by atoms with Crippen molar-refractivity contribution in [1.82, 2.24) is 4.90 Å². The normalized spacial score (nSPS) is 18.2. The van der Waals surface area contributed by atoms with Crippen LogP contribution in [-0.4, -0.2) is 55.4 Å². The zero-order chi connectivity index (χ0) is 14.2. The van der Waals surface area contributed by atoms with E-state index < -0.39 is 0 Å². The lowest BCUT2D eigenvalue weighted by atomic mass is 10.1. The van der Waals surface area contributed by atoms with Gasteiger partial charge < -0.3 is 10.0 Å². The summed E-state index contributed by atoms with van der Waals surface area (Å²) >= 11 is 0. The van der Waals surface area contributed by atoms with E-state index in [1.165, 1.54) is 5.69 Å². The van der Waals surface area contributed by atoms with Crippen molar-refractivity contribution in [3.8, 4) is 0 Å². The summed E-state index contributed by atoms with van der Waals surface area (Å²) in [4.78, 5) is 4.71. The number of piperazine rings is 1. The van der Waals surface area contributed by atoms with E-state index in [0.717, 1.165) is 45.6 Å². The van der Waals surface area contributed by atoms with Gasteiger partial charge in [0, 0.05) is 38.4 Å². The summed E-state index contributed by atoms with van der Waals surface area (Å²) in [5.41, 5.74) is 1.28. The van der Waals surface area contributed by atoms with Gasteiger partial charge in [0.1, 0.15) is 0 Å². The van der Waals surface area contributed by atoms with Gasteiger partial charge in [-0.25, -0.2) is 5.11 Å². The summed E-state index contributed by atoms with van der Waals surface area (Å²) < 4.78 is 0. The van der Waals surface area contributed by atoms with E-state index in [9.17, 15) is 10.2 Å². The third-order valence-electron chi connectivity index (χ3n) is 3.89. The van der Waals surface area contributed by atoms with E-state index in [1.807, 2.05) is 6.07 Å². The molecule has 1 atom stereocenters. The summed E-state index contributed by atoms with van der Waals surface area (Å²) in [6.45, 7) is 4.72. The van der Waals surface area contributed by atoms with Crippen molar-refractivity contribution in [2.45, 2.75) is 25.4 Å². The fourth-order valence-corrected chi connectivity index (χ4v) is 2.70. The van der Waals surface area contributed by atoms with Gasteiger partial charge in [-0.15, -0.1) is 0 Å². The van der Waals surface area contributed by atoms with E-state index >= 15 is 0 Å². The maximum Gasteiger partial charge on any atom is 0.0822 e. The maximum absolute atomic E-state index is 10.4. The quantitative estimate of drug-likeness (QED) is 0.773. The first-order valence-corrected chi connectivity index (χ1v) is 7.58. The molecule has 1 heterocycles. The van der Waals surface area contributed by atoms with Gasteiger partial charge in [-0.05, 0) is 31.4 Å². The number of benzene rings is 1. The molecular weight excluding hydrogens is 252 g/mol. The van der Waals surface area contributed by atoms with Crippen LogP contribution in [-0.2, 0) is 5.11 Å². The molecule has 1 aliphatic rings. The fourth-order valence-electron chi connectivity index (χ4n) is 2.70. The highest BCUT2D eigenvalue weighted by atomic mass is 16.3. The van der Waals surface area contributed by atoms with Crippen LogP contribution in [0.25, 0.3) is 0 Å². The molecule has 0 aliphatic carbocycles. The molecule has 20 heavy (non-hydrogen) atoms. The largest absolute Gasteiger partial charge is 0.392 e. The Balaban J connectivity index is 1.69. The summed E-state index contributed by atoms with van der Waals surface area (Å²) in [6.07, 6.45) is 1.99. The zero-order valence-corrected chi connectivity index (χ0v) is 12.1. The number of unbranched alkanes of at least 4 members (excludes halogenated alkanes) is 1. The van der Waals surface area contributed by atoms with Crippen molar-refractivity contribution in [3.05, 3.63) is 30.3 Å². The minimum Gasteiger partial charge on any atom is -0.392 e. The molecule has 0 bridgehead atoms. The minimum atomic E-state index is -0.287. The summed E-state index contributed by atoms with van der Waals surface area (Å²) in [5.74, 6) is 0. The van der Waals surface area contributed by atoms with Crippen molar-refractivity contribution in [1.29, 1.82) is 0 Å². The van der Waals surface area contributed by atoms with Crippen molar-refractivity contribution >= 4 is 5.69 Å². The number of hydrogen-bond donors (Lipinski definition) is 1. The molecule has 4 heteroatoms. The highest BCUT2D eigenvalue weighted by molar-refractivity contribution is 5.46. The third-order valence-corrected chi connectivity index (χ3v) is 3.89. The van der Waals surface area contributed by atoms with Crippen LogP contribution in [0.2, 0.25) is 0 Å². The number of hydrogen-bond acceptors (Lipinski definition) is 3. The fraction of sp³-hybridized carbons (Fsp3) is 0.625. The predicted octanol–water partition coefficient (Wildman–Crippen LogP) is 1.77. The molecule has 4 nitrogen and oxygen atoms in total. The van der Waals surface area contributed by atoms with Crippen LogP contribution in [0, 0.1) is 0 Å². The van der Waals surface area contributed by atoms with Gasteiger partial charge in [0.2, 0.25) is 0 Å². The van der Waals surface area contributed by atoms with Crippen LogP contribution < -0.4 is 4.90 Å². The first kappa shape index (κ1) is 15.3. The third kappa shape index (κ3) is 4.78. The highest BCUT2D eigenvalue weighted by Crippen LogP contribution is 2.16. The molecule has 1 aliphatic heterocycles. The van der Waals surface area contributed by atoms with Crippen molar-refractivity contribution in [3.63, 3.8) is 0 Å². The average molecular weight is 277 g/mol. The lowest BCUT2D eigenvalue weighted by molar-refractivity contribution is 0.0962. The van der Waals surface area contributed by atoms with E-state index in [4.69, 9.17) is 0 Å². The SMILES string of the molecule is [O]CCCCC(O)CN1CCN(c2ccccc2)CC1. The Hall–Kier alpha value is -1.10. The standard InChI is InChI=1S/C16H25N2O2/c19-13-5-4-8-16(20)14-17-9-11-18(12-10-17)15-6-2-1-3-7-15/h1-3,6-7,16,20H,4-5,8-14H2. The molecule has 1 aromatic carbocycles. The van der Waals surface area contributed by atoms with Crippen LogP contribution in [0.4, 0.5) is 5.69 Å². The monoisotopic (exact) mass is 277 g/mol. The number of β-amino-alcohol motifs (C(OH)–C–C–N with tert-alkyl or cyclic N) is 1. The van der Waals surface area contributed by atoms with E-state index in [1.54, 1.807) is 0 Å². The first-order valence-electron chi connectivity index (χ1n) is 7.58. The number of anilines is 1. The molecule has 1 radical (unpaired) electrons. The van der Waals surface area contributed by atoms with Crippen molar-refractivity contribution in [2.75, 3.05) is 44.2 Å². The number of rotatable bonds is 7. The van der Waals surface area contributed by atoms with Gasteiger partial charge in [0.25, 0.3) is 0 Å². The van der Waals surface area contributed by atoms with Gasteiger partial charge >= 0.3 is 0 Å². The molecule has 0 aromatic heterocycles. The lowest BCUT2D eigenvalue weighted by Crippen LogP contribution is -2.48. The molecule has 0 amide bonds. The molecule has 1 fully saturated rings. The van der Waals surface area contributed by atoms with Gasteiger partial charge in [-0.2, -0.15) is 0 Å². The number of nitrogens with zero attached hydrogens (tertiary/aromatic N) is 2. The molecular formula is C16H25N2O2. The van der Waals surface area contributed by atoms with Crippen LogP contribution in [0.5, 0.6) is 0 Å². The van der Waals surface area contributed by atoms with Crippen LogP contribution in [0.1, 0.15) is 19.3 Å². The van der Waals surface area contributed by atoms with Crippen molar-refractivity contribution < 1.29 is 10.2 Å². The molecule has 0 saturated carbocycles. The van der Waals surface area contributed by atoms with Gasteiger partial charge in [0.15, 0.2) is 0 Å². The number of aliphatic hydroxyl groups excluding tert-OH is 1. The van der Waals surface area contributed by atoms with E-state index in [-0.39, 0.29) is 12.7 Å². The van der Waals surface area contributed by atoms with Crippen LogP contribution in [0.15, 0.2) is 30.3 Å². The molecule has 2 rings (SSSR count).